The van der Waals surface area contributed by atoms with Crippen molar-refractivity contribution in [1.82, 2.24) is 19.3 Å². The molecule has 3 heterocycles. The summed E-state index contributed by atoms with van der Waals surface area (Å²) in [4.78, 5) is 15.3. The zero-order valence-corrected chi connectivity index (χ0v) is 13.5. The lowest BCUT2D eigenvalue weighted by atomic mass is 10.4. The van der Waals surface area contributed by atoms with Crippen LogP contribution in [0.5, 0.6) is 0 Å². The lowest BCUT2D eigenvalue weighted by molar-refractivity contribution is 0.0686. The normalized spacial score (nSPS) is 12.0. The van der Waals surface area contributed by atoms with Gasteiger partial charge < -0.3 is 9.67 Å². The van der Waals surface area contributed by atoms with Gasteiger partial charge in [-0.1, -0.05) is 0 Å². The molecule has 0 radical (unpaired) electrons. The molecule has 0 amide bonds. The van der Waals surface area contributed by atoms with Crippen molar-refractivity contribution in [3.63, 3.8) is 0 Å². The van der Waals surface area contributed by atoms with Gasteiger partial charge >= 0.3 is 5.97 Å². The Kier molecular flexibility index (Phi) is 3.25. The number of sulfone groups is 1. The average Bonchev–Trinajstić information content (AvgIpc) is 3.01. The van der Waals surface area contributed by atoms with Crippen molar-refractivity contribution in [1.29, 1.82) is 0 Å². The fourth-order valence-corrected chi connectivity index (χ4v) is 3.97. The Balaban J connectivity index is 2.21. The van der Waals surface area contributed by atoms with Crippen molar-refractivity contribution < 1.29 is 18.3 Å². The van der Waals surface area contributed by atoms with E-state index in [0.29, 0.717) is 16.7 Å². The average molecular weight is 334 g/mol. The van der Waals surface area contributed by atoms with Crippen LogP contribution in [0.1, 0.15) is 16.2 Å². The molecule has 0 aliphatic rings. The Hall–Kier alpha value is -2.68. The van der Waals surface area contributed by atoms with Crippen molar-refractivity contribution in [2.75, 3.05) is 0 Å². The number of aromatic nitrogens is 4. The van der Waals surface area contributed by atoms with Crippen LogP contribution in [0.3, 0.4) is 0 Å². The van der Waals surface area contributed by atoms with Crippen LogP contribution in [0.15, 0.2) is 34.3 Å². The number of rotatable bonds is 3. The van der Waals surface area contributed by atoms with Gasteiger partial charge in [0.1, 0.15) is 5.69 Å². The van der Waals surface area contributed by atoms with E-state index in [1.807, 2.05) is 0 Å². The smallest absolute Gasteiger partial charge is 0.352 e. The molecular formula is C14H14N4O4S. The first-order chi connectivity index (χ1) is 10.7. The zero-order chi connectivity index (χ0) is 16.9. The highest BCUT2D eigenvalue weighted by Gasteiger charge is 2.26. The molecule has 23 heavy (non-hydrogen) atoms. The molecule has 0 spiro atoms. The van der Waals surface area contributed by atoms with Crippen LogP contribution < -0.4 is 0 Å². The second-order valence-corrected chi connectivity index (χ2v) is 7.12. The summed E-state index contributed by atoms with van der Waals surface area (Å²) in [6.07, 6.45) is 2.79. The molecule has 9 heteroatoms. The monoisotopic (exact) mass is 334 g/mol. The van der Waals surface area contributed by atoms with Gasteiger partial charge in [0.05, 0.1) is 16.0 Å². The van der Waals surface area contributed by atoms with Gasteiger partial charge in [-0.3, -0.25) is 4.68 Å². The SMILES string of the molecule is Cc1c(S(=O)(=O)c2cnc3c(cnn3C)c2)cc(C(=O)O)n1C. The van der Waals surface area contributed by atoms with Gasteiger partial charge in [0.15, 0.2) is 5.65 Å². The minimum atomic E-state index is -3.87. The number of carboxylic acid groups (broad SMARTS) is 1. The summed E-state index contributed by atoms with van der Waals surface area (Å²) < 4.78 is 28.5. The molecule has 0 saturated heterocycles. The predicted molar refractivity (Wildman–Crippen MR) is 81.1 cm³/mol. The van der Waals surface area contributed by atoms with Crippen LogP contribution in [-0.2, 0) is 23.9 Å². The number of hydrogen-bond donors (Lipinski definition) is 1. The molecule has 1 N–H and O–H groups in total. The number of pyridine rings is 1. The van der Waals surface area contributed by atoms with Crippen LogP contribution in [0.4, 0.5) is 0 Å². The third-order valence-corrected chi connectivity index (χ3v) is 5.69. The van der Waals surface area contributed by atoms with Gasteiger partial charge in [0.25, 0.3) is 0 Å². The number of carboxylic acids is 1. The Morgan fingerprint density at radius 1 is 1.22 bits per heavy atom. The Morgan fingerprint density at radius 3 is 2.52 bits per heavy atom. The van der Waals surface area contributed by atoms with E-state index in [-0.39, 0.29) is 15.5 Å². The number of aryl methyl sites for hydroxylation is 1. The summed E-state index contributed by atoms with van der Waals surface area (Å²) in [6, 6.07) is 2.65. The lowest BCUT2D eigenvalue weighted by Gasteiger charge is -2.05. The summed E-state index contributed by atoms with van der Waals surface area (Å²) in [5.74, 6) is -1.18. The Bertz CT molecular complexity index is 1050. The van der Waals surface area contributed by atoms with Gasteiger partial charge in [-0.2, -0.15) is 5.10 Å². The molecule has 120 valence electrons. The van der Waals surface area contributed by atoms with Gasteiger partial charge in [-0.05, 0) is 19.1 Å². The number of fused-ring (bicyclic) bond motifs is 1. The summed E-state index contributed by atoms with van der Waals surface area (Å²) in [5.41, 5.74) is 0.838. The second kappa shape index (κ2) is 4.92. The third kappa shape index (κ3) is 2.20. The molecule has 0 saturated carbocycles. The number of aromatic carboxylic acids is 1. The molecule has 0 bridgehead atoms. The third-order valence-electron chi connectivity index (χ3n) is 3.85. The predicted octanol–water partition coefficient (Wildman–Crippen LogP) is 1.15. The fourth-order valence-electron chi connectivity index (χ4n) is 2.45. The second-order valence-electron chi connectivity index (χ2n) is 5.20. The molecule has 0 fully saturated rings. The Morgan fingerprint density at radius 2 is 1.91 bits per heavy atom. The van der Waals surface area contributed by atoms with Crippen LogP contribution in [0, 0.1) is 6.92 Å². The van der Waals surface area contributed by atoms with Crippen molar-refractivity contribution in [2.45, 2.75) is 16.7 Å². The first kappa shape index (κ1) is 15.2. The van der Waals surface area contributed by atoms with Crippen molar-refractivity contribution in [2.24, 2.45) is 14.1 Å². The first-order valence-electron chi connectivity index (χ1n) is 6.66. The molecule has 3 rings (SSSR count). The van der Waals surface area contributed by atoms with E-state index in [9.17, 15) is 13.2 Å². The summed E-state index contributed by atoms with van der Waals surface area (Å²) in [7, 11) is -0.644. The zero-order valence-electron chi connectivity index (χ0n) is 12.7. The van der Waals surface area contributed by atoms with E-state index in [1.54, 1.807) is 18.7 Å². The highest BCUT2D eigenvalue weighted by Crippen LogP contribution is 2.27. The van der Waals surface area contributed by atoms with Crippen molar-refractivity contribution in [3.05, 3.63) is 35.9 Å². The molecular weight excluding hydrogens is 320 g/mol. The number of carbonyl (C=O) groups is 1. The largest absolute Gasteiger partial charge is 0.477 e. The molecule has 3 aromatic heterocycles. The van der Waals surface area contributed by atoms with Crippen LogP contribution in [0.25, 0.3) is 11.0 Å². The van der Waals surface area contributed by atoms with E-state index in [2.05, 4.69) is 10.1 Å². The summed E-state index contributed by atoms with van der Waals surface area (Å²) >= 11 is 0. The van der Waals surface area contributed by atoms with Crippen LogP contribution in [-0.4, -0.2) is 38.8 Å². The Labute approximate surface area is 131 Å². The molecule has 0 aromatic carbocycles. The van der Waals surface area contributed by atoms with Crippen LogP contribution in [0.2, 0.25) is 0 Å². The minimum absolute atomic E-state index is 0.00337. The van der Waals surface area contributed by atoms with Gasteiger partial charge in [-0.15, -0.1) is 0 Å². The van der Waals surface area contributed by atoms with Gasteiger partial charge in [-0.25, -0.2) is 18.2 Å². The lowest BCUT2D eigenvalue weighted by Crippen LogP contribution is -2.06. The minimum Gasteiger partial charge on any atom is -0.477 e. The molecule has 0 aliphatic heterocycles. The maximum atomic E-state index is 12.8. The highest BCUT2D eigenvalue weighted by molar-refractivity contribution is 7.91. The van der Waals surface area contributed by atoms with E-state index in [0.717, 1.165) is 0 Å². The quantitative estimate of drug-likeness (QED) is 0.770. The summed E-state index contributed by atoms with van der Waals surface area (Å²) in [5, 5.41) is 13.8. The molecule has 0 aliphatic carbocycles. The maximum absolute atomic E-state index is 12.8. The van der Waals surface area contributed by atoms with E-state index < -0.39 is 15.8 Å². The van der Waals surface area contributed by atoms with Crippen molar-refractivity contribution in [3.8, 4) is 0 Å². The van der Waals surface area contributed by atoms with Crippen molar-refractivity contribution >= 4 is 26.8 Å². The molecule has 0 unspecified atom stereocenters. The van der Waals surface area contributed by atoms with Crippen LogP contribution >= 0.6 is 0 Å². The maximum Gasteiger partial charge on any atom is 0.352 e. The fraction of sp³-hybridized carbons (Fsp3) is 0.214. The van der Waals surface area contributed by atoms with E-state index in [1.165, 1.54) is 36.1 Å². The van der Waals surface area contributed by atoms with Gasteiger partial charge in [0, 0.05) is 31.4 Å². The van der Waals surface area contributed by atoms with E-state index >= 15 is 0 Å². The molecule has 8 nitrogen and oxygen atoms in total. The summed E-state index contributed by atoms with van der Waals surface area (Å²) in [6.45, 7) is 1.56. The van der Waals surface area contributed by atoms with E-state index in [4.69, 9.17) is 5.11 Å². The topological polar surface area (TPSA) is 107 Å². The number of hydrogen-bond acceptors (Lipinski definition) is 5. The molecule has 0 atom stereocenters. The molecule has 3 aromatic rings. The standard InChI is InChI=1S/C14H14N4O4S/c1-8-12(5-11(14(19)20)17(8)2)23(21,22)10-4-9-6-16-18(3)13(9)15-7-10/h4-7H,1-3H3,(H,19,20). The first-order valence-corrected chi connectivity index (χ1v) is 8.14. The van der Waals surface area contributed by atoms with Gasteiger partial charge in [0.2, 0.25) is 9.84 Å². The number of nitrogens with zero attached hydrogens (tertiary/aromatic N) is 4. The highest BCUT2D eigenvalue weighted by atomic mass is 32.2.